The number of hydrogen-bond acceptors (Lipinski definition) is 5. The van der Waals surface area contributed by atoms with Crippen LogP contribution in [0.4, 0.5) is 10.5 Å². The van der Waals surface area contributed by atoms with E-state index in [0.717, 1.165) is 16.0 Å². The SMILES string of the molecule is CC.Cc1ccc(NC(=O)C(Cc2ccccc2)N2C(=O)N[C@H](c3ccc(OCCO)cc3)C2=O)c(Cl)c1. The third-order valence-corrected chi connectivity index (χ3v) is 6.13. The van der Waals surface area contributed by atoms with Gasteiger partial charge in [0.25, 0.3) is 5.91 Å². The van der Waals surface area contributed by atoms with Crippen molar-refractivity contribution >= 4 is 35.1 Å². The number of amides is 4. The minimum atomic E-state index is -1.10. The van der Waals surface area contributed by atoms with Crippen LogP contribution in [0.1, 0.15) is 36.6 Å². The quantitative estimate of drug-likeness (QED) is 0.337. The molecule has 1 saturated heterocycles. The number of ether oxygens (including phenoxy) is 1. The van der Waals surface area contributed by atoms with Crippen molar-refractivity contribution in [3.8, 4) is 5.75 Å². The molecule has 8 nitrogen and oxygen atoms in total. The van der Waals surface area contributed by atoms with Gasteiger partial charge in [-0.25, -0.2) is 9.69 Å². The third-order valence-electron chi connectivity index (χ3n) is 5.81. The molecule has 1 aliphatic rings. The molecule has 0 saturated carbocycles. The van der Waals surface area contributed by atoms with Gasteiger partial charge in [0, 0.05) is 6.42 Å². The highest BCUT2D eigenvalue weighted by atomic mass is 35.5. The van der Waals surface area contributed by atoms with E-state index in [4.69, 9.17) is 21.4 Å². The van der Waals surface area contributed by atoms with Crippen LogP contribution in [-0.4, -0.2) is 47.1 Å². The number of nitrogens with zero attached hydrogens (tertiary/aromatic N) is 1. The fraction of sp³-hybridized carbons (Fsp3) is 0.276. The van der Waals surface area contributed by atoms with E-state index in [1.165, 1.54) is 0 Å². The number of aliphatic hydroxyl groups is 1. The van der Waals surface area contributed by atoms with Crippen molar-refractivity contribution in [1.29, 1.82) is 0 Å². The van der Waals surface area contributed by atoms with Gasteiger partial charge in [0.15, 0.2) is 0 Å². The number of nitrogens with one attached hydrogen (secondary N) is 2. The summed E-state index contributed by atoms with van der Waals surface area (Å²) in [7, 11) is 0. The summed E-state index contributed by atoms with van der Waals surface area (Å²) in [5.74, 6) is -0.533. The Balaban J connectivity index is 0.00000195. The number of aliphatic hydroxyl groups excluding tert-OH is 1. The molecule has 0 spiro atoms. The van der Waals surface area contributed by atoms with Crippen LogP contribution < -0.4 is 15.4 Å². The van der Waals surface area contributed by atoms with Crippen LogP contribution in [0.25, 0.3) is 0 Å². The first kappa shape index (κ1) is 28.7. The van der Waals surface area contributed by atoms with Gasteiger partial charge in [-0.1, -0.05) is 74.0 Å². The van der Waals surface area contributed by atoms with Crippen LogP contribution in [0.15, 0.2) is 72.8 Å². The van der Waals surface area contributed by atoms with E-state index in [1.807, 2.05) is 57.2 Å². The smallest absolute Gasteiger partial charge is 0.325 e. The number of rotatable bonds is 9. The third kappa shape index (κ3) is 6.90. The summed E-state index contributed by atoms with van der Waals surface area (Å²) in [5.41, 5.74) is 2.67. The number of carbonyl (C=O) groups excluding carboxylic acids is 3. The predicted molar refractivity (Wildman–Crippen MR) is 147 cm³/mol. The van der Waals surface area contributed by atoms with Gasteiger partial charge in [0.1, 0.15) is 24.4 Å². The maximum absolute atomic E-state index is 13.4. The summed E-state index contributed by atoms with van der Waals surface area (Å²) < 4.78 is 5.36. The number of aryl methyl sites for hydroxylation is 1. The molecule has 1 unspecified atom stereocenters. The second-order valence-corrected chi connectivity index (χ2v) is 8.82. The highest BCUT2D eigenvalue weighted by molar-refractivity contribution is 6.33. The molecule has 1 heterocycles. The first-order chi connectivity index (χ1) is 18.4. The maximum atomic E-state index is 13.4. The minimum absolute atomic E-state index is 0.119. The molecule has 1 fully saturated rings. The average Bonchev–Trinajstić information content (AvgIpc) is 3.23. The predicted octanol–water partition coefficient (Wildman–Crippen LogP) is 4.89. The van der Waals surface area contributed by atoms with Gasteiger partial charge < -0.3 is 20.5 Å². The maximum Gasteiger partial charge on any atom is 0.325 e. The van der Waals surface area contributed by atoms with Gasteiger partial charge in [0.05, 0.1) is 17.3 Å². The lowest BCUT2D eigenvalue weighted by molar-refractivity contribution is -0.134. The zero-order valence-electron chi connectivity index (χ0n) is 21.6. The molecule has 9 heteroatoms. The van der Waals surface area contributed by atoms with Crippen molar-refractivity contribution in [1.82, 2.24) is 10.2 Å². The van der Waals surface area contributed by atoms with Crippen LogP contribution in [-0.2, 0) is 16.0 Å². The van der Waals surface area contributed by atoms with Gasteiger partial charge in [-0.05, 0) is 47.9 Å². The molecule has 3 aromatic rings. The van der Waals surface area contributed by atoms with Gasteiger partial charge in [-0.3, -0.25) is 9.59 Å². The van der Waals surface area contributed by atoms with E-state index < -0.39 is 29.9 Å². The molecule has 200 valence electrons. The normalized spacial score (nSPS) is 15.3. The number of carbonyl (C=O) groups is 3. The Hall–Kier alpha value is -3.88. The molecule has 1 aliphatic heterocycles. The van der Waals surface area contributed by atoms with Crippen molar-refractivity contribution in [2.45, 2.75) is 39.3 Å². The van der Waals surface area contributed by atoms with Gasteiger partial charge >= 0.3 is 6.03 Å². The zero-order valence-corrected chi connectivity index (χ0v) is 22.4. The second kappa shape index (κ2) is 13.6. The number of benzene rings is 3. The van der Waals surface area contributed by atoms with Crippen molar-refractivity contribution < 1.29 is 24.2 Å². The molecule has 38 heavy (non-hydrogen) atoms. The van der Waals surface area contributed by atoms with Gasteiger partial charge in [0.2, 0.25) is 5.91 Å². The number of urea groups is 1. The van der Waals surface area contributed by atoms with Crippen molar-refractivity contribution in [3.05, 3.63) is 94.5 Å². The molecule has 3 N–H and O–H groups in total. The largest absolute Gasteiger partial charge is 0.491 e. The highest BCUT2D eigenvalue weighted by Gasteiger charge is 2.45. The molecular weight excluding hydrogens is 506 g/mol. The first-order valence-corrected chi connectivity index (χ1v) is 12.8. The Morgan fingerprint density at radius 3 is 2.39 bits per heavy atom. The Morgan fingerprint density at radius 1 is 1.08 bits per heavy atom. The zero-order chi connectivity index (χ0) is 27.7. The number of halogens is 1. The fourth-order valence-electron chi connectivity index (χ4n) is 4.01. The van der Waals surface area contributed by atoms with E-state index in [1.54, 1.807) is 36.4 Å². The summed E-state index contributed by atoms with van der Waals surface area (Å²) in [5, 5.41) is 14.7. The molecule has 0 bridgehead atoms. The van der Waals surface area contributed by atoms with Crippen LogP contribution in [0.5, 0.6) is 5.75 Å². The summed E-state index contributed by atoms with van der Waals surface area (Å²) in [6.07, 6.45) is 0.135. The lowest BCUT2D eigenvalue weighted by atomic mass is 10.0. The first-order valence-electron chi connectivity index (χ1n) is 12.5. The lowest BCUT2D eigenvalue weighted by Crippen LogP contribution is -2.49. The monoisotopic (exact) mass is 537 g/mol. The summed E-state index contributed by atoms with van der Waals surface area (Å²) in [6.45, 7) is 5.91. The van der Waals surface area contributed by atoms with E-state index in [0.29, 0.717) is 22.0 Å². The average molecular weight is 538 g/mol. The molecule has 0 aliphatic carbocycles. The highest BCUT2D eigenvalue weighted by Crippen LogP contribution is 2.28. The molecular formula is C29H32ClN3O5. The standard InChI is InChI=1S/C27H26ClN3O5.C2H6/c1-17-7-12-22(21(28)15-17)29-25(33)23(16-18-5-3-2-4-6-18)31-26(34)24(30-27(31)35)19-8-10-20(11-9-19)36-14-13-32;1-2/h2-12,15,23-24,32H,13-14,16H2,1H3,(H,29,33)(H,30,35);1-2H3/t23?,24-;/m1./s1. The van der Waals surface area contributed by atoms with E-state index in [2.05, 4.69) is 10.6 Å². The van der Waals surface area contributed by atoms with Crippen molar-refractivity contribution in [2.75, 3.05) is 18.5 Å². The summed E-state index contributed by atoms with van der Waals surface area (Å²) >= 11 is 6.30. The Bertz CT molecular complexity index is 1250. The molecule has 0 radical (unpaired) electrons. The van der Waals surface area contributed by atoms with Gasteiger partial charge in [-0.2, -0.15) is 0 Å². The van der Waals surface area contributed by atoms with Crippen LogP contribution >= 0.6 is 11.6 Å². The number of anilines is 1. The fourth-order valence-corrected chi connectivity index (χ4v) is 4.29. The minimum Gasteiger partial charge on any atom is -0.491 e. The van der Waals surface area contributed by atoms with E-state index in [-0.39, 0.29) is 19.6 Å². The Kier molecular flexibility index (Phi) is 10.3. The van der Waals surface area contributed by atoms with E-state index >= 15 is 0 Å². The lowest BCUT2D eigenvalue weighted by Gasteiger charge is -2.25. The van der Waals surface area contributed by atoms with E-state index in [9.17, 15) is 14.4 Å². The molecule has 3 aromatic carbocycles. The molecule has 2 atom stereocenters. The second-order valence-electron chi connectivity index (χ2n) is 8.41. The molecule has 0 aromatic heterocycles. The Labute approximate surface area is 227 Å². The summed E-state index contributed by atoms with van der Waals surface area (Å²) in [4.78, 5) is 40.9. The number of hydrogen-bond donors (Lipinski definition) is 3. The van der Waals surface area contributed by atoms with Crippen LogP contribution in [0, 0.1) is 6.92 Å². The van der Waals surface area contributed by atoms with Crippen LogP contribution in [0.2, 0.25) is 5.02 Å². The van der Waals surface area contributed by atoms with Gasteiger partial charge in [-0.15, -0.1) is 0 Å². The topological polar surface area (TPSA) is 108 Å². The molecule has 4 rings (SSSR count). The Morgan fingerprint density at radius 2 is 1.76 bits per heavy atom. The molecule has 4 amide bonds. The van der Waals surface area contributed by atoms with Crippen molar-refractivity contribution in [2.24, 2.45) is 0 Å². The van der Waals surface area contributed by atoms with Crippen LogP contribution in [0.3, 0.4) is 0 Å². The number of imide groups is 1. The summed E-state index contributed by atoms with van der Waals surface area (Å²) in [6, 6.07) is 18.3. The van der Waals surface area contributed by atoms with Crippen molar-refractivity contribution in [3.63, 3.8) is 0 Å².